The van der Waals surface area contributed by atoms with Crippen LogP contribution in [0, 0.1) is 11.6 Å². The molecule has 2 aromatic carbocycles. The number of carbonyl (C=O) groups excluding carboxylic acids is 1. The summed E-state index contributed by atoms with van der Waals surface area (Å²) in [5, 5.41) is 0.217. The van der Waals surface area contributed by atoms with Crippen LogP contribution in [0.1, 0.15) is 15.9 Å². The maximum absolute atomic E-state index is 12.9. The van der Waals surface area contributed by atoms with Crippen molar-refractivity contribution in [2.45, 2.75) is 6.42 Å². The summed E-state index contributed by atoms with van der Waals surface area (Å²) < 4.78 is 25.8. The fourth-order valence-electron chi connectivity index (χ4n) is 1.65. The van der Waals surface area contributed by atoms with Gasteiger partial charge in [-0.05, 0) is 35.9 Å². The molecule has 0 heterocycles. The van der Waals surface area contributed by atoms with Crippen LogP contribution in [0.15, 0.2) is 36.4 Å². The standard InChI is InChI=1S/C14H8Cl2F2O/c15-12-6-9(17)2-1-8(12)5-14(19)11-4-3-10(18)7-13(11)16/h1-4,6-7H,5H2. The van der Waals surface area contributed by atoms with Crippen molar-refractivity contribution in [3.05, 3.63) is 69.2 Å². The summed E-state index contributed by atoms with van der Waals surface area (Å²) in [4.78, 5) is 12.0. The van der Waals surface area contributed by atoms with E-state index >= 15 is 0 Å². The van der Waals surface area contributed by atoms with Gasteiger partial charge < -0.3 is 0 Å². The van der Waals surface area contributed by atoms with Crippen LogP contribution in [0.5, 0.6) is 0 Å². The van der Waals surface area contributed by atoms with Crippen molar-refractivity contribution >= 4 is 29.0 Å². The summed E-state index contributed by atoms with van der Waals surface area (Å²) in [7, 11) is 0. The lowest BCUT2D eigenvalue weighted by molar-refractivity contribution is 0.0993. The summed E-state index contributed by atoms with van der Waals surface area (Å²) in [5.41, 5.74) is 0.705. The average Bonchev–Trinajstić information content (AvgIpc) is 2.32. The summed E-state index contributed by atoms with van der Waals surface area (Å²) >= 11 is 11.6. The lowest BCUT2D eigenvalue weighted by Gasteiger charge is -2.06. The van der Waals surface area contributed by atoms with Crippen LogP contribution in [0.3, 0.4) is 0 Å². The first-order valence-electron chi connectivity index (χ1n) is 5.39. The largest absolute Gasteiger partial charge is 0.294 e. The third-order valence-corrected chi connectivity index (χ3v) is 3.26. The lowest BCUT2D eigenvalue weighted by atomic mass is 10.0. The van der Waals surface area contributed by atoms with Crippen molar-refractivity contribution in [2.75, 3.05) is 0 Å². The zero-order chi connectivity index (χ0) is 14.0. The van der Waals surface area contributed by atoms with Gasteiger partial charge in [-0.1, -0.05) is 29.3 Å². The van der Waals surface area contributed by atoms with E-state index in [0.717, 1.165) is 18.2 Å². The molecule has 0 aromatic heterocycles. The van der Waals surface area contributed by atoms with Gasteiger partial charge in [0.15, 0.2) is 5.78 Å². The van der Waals surface area contributed by atoms with Gasteiger partial charge in [-0.15, -0.1) is 0 Å². The third-order valence-electron chi connectivity index (χ3n) is 2.60. The molecule has 0 aliphatic carbocycles. The van der Waals surface area contributed by atoms with Gasteiger partial charge in [-0.3, -0.25) is 4.79 Å². The van der Waals surface area contributed by atoms with E-state index in [2.05, 4.69) is 0 Å². The van der Waals surface area contributed by atoms with E-state index in [4.69, 9.17) is 23.2 Å². The maximum atomic E-state index is 12.9. The van der Waals surface area contributed by atoms with Crippen molar-refractivity contribution in [2.24, 2.45) is 0 Å². The van der Waals surface area contributed by atoms with Crippen LogP contribution in [-0.4, -0.2) is 5.78 Å². The Morgan fingerprint density at radius 3 is 2.11 bits per heavy atom. The minimum Gasteiger partial charge on any atom is -0.294 e. The fourth-order valence-corrected chi connectivity index (χ4v) is 2.16. The number of hydrogen-bond donors (Lipinski definition) is 0. The number of carbonyl (C=O) groups is 1. The number of hydrogen-bond acceptors (Lipinski definition) is 1. The molecule has 0 N–H and O–H groups in total. The molecule has 0 radical (unpaired) electrons. The van der Waals surface area contributed by atoms with Gasteiger partial charge >= 0.3 is 0 Å². The molecule has 0 unspecified atom stereocenters. The van der Waals surface area contributed by atoms with Gasteiger partial charge in [-0.25, -0.2) is 8.78 Å². The van der Waals surface area contributed by atoms with Crippen LogP contribution in [0.2, 0.25) is 10.0 Å². The molecule has 19 heavy (non-hydrogen) atoms. The number of ketones is 1. The van der Waals surface area contributed by atoms with Gasteiger partial charge in [0.2, 0.25) is 0 Å². The molecule has 2 aromatic rings. The first kappa shape index (κ1) is 14.0. The fraction of sp³-hybridized carbons (Fsp3) is 0.0714. The second-order valence-corrected chi connectivity index (χ2v) is 4.77. The molecule has 0 fully saturated rings. The number of Topliss-reactive ketones (excluding diaryl/α,β-unsaturated/α-hetero) is 1. The second-order valence-electron chi connectivity index (χ2n) is 3.96. The van der Waals surface area contributed by atoms with E-state index in [1.54, 1.807) is 0 Å². The normalized spacial score (nSPS) is 10.5. The first-order valence-corrected chi connectivity index (χ1v) is 6.15. The van der Waals surface area contributed by atoms with E-state index in [9.17, 15) is 13.6 Å². The van der Waals surface area contributed by atoms with E-state index in [1.165, 1.54) is 18.2 Å². The smallest absolute Gasteiger partial charge is 0.168 e. The Hall–Kier alpha value is -1.45. The molecule has 0 bridgehead atoms. The van der Waals surface area contributed by atoms with Crippen molar-refractivity contribution in [3.8, 4) is 0 Å². The molecule has 2 rings (SSSR count). The van der Waals surface area contributed by atoms with E-state index in [-0.39, 0.29) is 27.8 Å². The zero-order valence-corrected chi connectivity index (χ0v) is 11.1. The average molecular weight is 301 g/mol. The summed E-state index contributed by atoms with van der Waals surface area (Å²) in [6.07, 6.45) is -0.0233. The van der Waals surface area contributed by atoms with E-state index in [0.29, 0.717) is 5.56 Å². The van der Waals surface area contributed by atoms with Crippen LogP contribution in [0.25, 0.3) is 0 Å². The van der Waals surface area contributed by atoms with Crippen LogP contribution in [0.4, 0.5) is 8.78 Å². The molecular weight excluding hydrogens is 293 g/mol. The predicted molar refractivity (Wildman–Crippen MR) is 70.9 cm³/mol. The first-order chi connectivity index (χ1) is 8.97. The molecule has 98 valence electrons. The van der Waals surface area contributed by atoms with Crippen LogP contribution in [-0.2, 0) is 6.42 Å². The van der Waals surface area contributed by atoms with Crippen molar-refractivity contribution in [3.63, 3.8) is 0 Å². The maximum Gasteiger partial charge on any atom is 0.168 e. The Bertz CT molecular complexity index is 641. The molecule has 0 saturated heterocycles. The Morgan fingerprint density at radius 1 is 0.947 bits per heavy atom. The van der Waals surface area contributed by atoms with Crippen LogP contribution >= 0.6 is 23.2 Å². The minimum absolute atomic E-state index is 0.0233. The molecule has 1 nitrogen and oxygen atoms in total. The molecule has 0 atom stereocenters. The number of benzene rings is 2. The molecular formula is C14H8Cl2F2O. The molecule has 5 heteroatoms. The topological polar surface area (TPSA) is 17.1 Å². The molecule has 0 spiro atoms. The second kappa shape index (κ2) is 5.68. The van der Waals surface area contributed by atoms with Gasteiger partial charge in [-0.2, -0.15) is 0 Å². The predicted octanol–water partition coefficient (Wildman–Crippen LogP) is 4.70. The van der Waals surface area contributed by atoms with Gasteiger partial charge in [0.1, 0.15) is 11.6 Å². The van der Waals surface area contributed by atoms with Crippen LogP contribution < -0.4 is 0 Å². The highest BCUT2D eigenvalue weighted by molar-refractivity contribution is 6.34. The highest BCUT2D eigenvalue weighted by Gasteiger charge is 2.13. The summed E-state index contributed by atoms with van der Waals surface area (Å²) in [6.45, 7) is 0. The van der Waals surface area contributed by atoms with Crippen molar-refractivity contribution in [1.82, 2.24) is 0 Å². The van der Waals surface area contributed by atoms with Crippen molar-refractivity contribution in [1.29, 1.82) is 0 Å². The Morgan fingerprint density at radius 2 is 1.53 bits per heavy atom. The van der Waals surface area contributed by atoms with Gasteiger partial charge in [0.25, 0.3) is 0 Å². The van der Waals surface area contributed by atoms with Gasteiger partial charge in [0, 0.05) is 17.0 Å². The molecule has 0 saturated carbocycles. The number of halogens is 4. The Labute approximate surface area is 118 Å². The highest BCUT2D eigenvalue weighted by atomic mass is 35.5. The molecule has 0 amide bonds. The quantitative estimate of drug-likeness (QED) is 0.751. The minimum atomic E-state index is -0.513. The van der Waals surface area contributed by atoms with Gasteiger partial charge in [0.05, 0.1) is 5.02 Å². The van der Waals surface area contributed by atoms with E-state index < -0.39 is 11.6 Å². The molecule has 0 aliphatic rings. The SMILES string of the molecule is O=C(Cc1ccc(F)cc1Cl)c1ccc(F)cc1Cl. The monoisotopic (exact) mass is 300 g/mol. The highest BCUT2D eigenvalue weighted by Crippen LogP contribution is 2.22. The molecule has 0 aliphatic heterocycles. The summed E-state index contributed by atoms with van der Waals surface area (Å²) in [6, 6.07) is 7.34. The van der Waals surface area contributed by atoms with Crippen molar-refractivity contribution < 1.29 is 13.6 Å². The van der Waals surface area contributed by atoms with E-state index in [1.807, 2.05) is 0 Å². The third kappa shape index (κ3) is 3.31. The number of rotatable bonds is 3. The Kier molecular flexibility index (Phi) is 4.17. The summed E-state index contributed by atoms with van der Waals surface area (Å²) in [5.74, 6) is -1.29. The zero-order valence-electron chi connectivity index (χ0n) is 9.59. The lowest BCUT2D eigenvalue weighted by Crippen LogP contribution is -2.05. The Balaban J connectivity index is 2.25.